The van der Waals surface area contributed by atoms with Crippen LogP contribution in [-0.2, 0) is 39.0 Å². The SMILES string of the molecule is [CH3-].[CH3-].[CH3-].[CH3-].[NH-]C(O)C(O)O.[Zn+2].[Zn]. The summed E-state index contributed by atoms with van der Waals surface area (Å²) in [5, 5.41) is 23.3. The van der Waals surface area contributed by atoms with Crippen molar-refractivity contribution in [1.82, 2.24) is 0 Å². The monoisotopic (exact) mass is 280 g/mol. The molecular weight excluding hydrogens is 265 g/mol. The Hall–Kier alpha value is 1.09. The molecule has 0 rings (SSSR count). The molecule has 0 aliphatic carbocycles. The Bertz CT molecular complexity index is 41.8. The minimum absolute atomic E-state index is 0. The average Bonchev–Trinajstić information content (AvgIpc) is 1.36. The van der Waals surface area contributed by atoms with Crippen LogP contribution in [0.1, 0.15) is 0 Å². The number of rotatable bonds is 1. The summed E-state index contributed by atoms with van der Waals surface area (Å²) in [7, 11) is 0. The van der Waals surface area contributed by atoms with Crippen LogP contribution in [0.25, 0.3) is 5.73 Å². The van der Waals surface area contributed by atoms with Crippen molar-refractivity contribution in [1.29, 1.82) is 0 Å². The van der Waals surface area contributed by atoms with Crippen LogP contribution >= 0.6 is 0 Å². The van der Waals surface area contributed by atoms with E-state index in [1.807, 2.05) is 0 Å². The first kappa shape index (κ1) is 51.6. The van der Waals surface area contributed by atoms with Gasteiger partial charge in [0.25, 0.3) is 0 Å². The smallest absolute Gasteiger partial charge is 0.648 e. The predicted molar refractivity (Wildman–Crippen MR) is 44.2 cm³/mol. The molecule has 0 heterocycles. The second-order valence-corrected chi connectivity index (χ2v) is 0.858. The number of hydrogen-bond donors (Lipinski definition) is 3. The molecule has 0 aliphatic heterocycles. The Morgan fingerprint density at radius 2 is 0.917 bits per heavy atom. The maximum absolute atomic E-state index is 7.80. The second-order valence-electron chi connectivity index (χ2n) is 0.858. The van der Waals surface area contributed by atoms with Crippen LogP contribution < -0.4 is 0 Å². The summed E-state index contributed by atoms with van der Waals surface area (Å²) in [4.78, 5) is 0. The van der Waals surface area contributed by atoms with E-state index in [9.17, 15) is 0 Å². The van der Waals surface area contributed by atoms with Gasteiger partial charge in [-0.2, -0.15) is 0 Å². The van der Waals surface area contributed by atoms with Crippen LogP contribution in [0.4, 0.5) is 0 Å². The van der Waals surface area contributed by atoms with Gasteiger partial charge in [0.05, 0.1) is 0 Å². The first-order chi connectivity index (χ1) is 2.64. The van der Waals surface area contributed by atoms with Crippen molar-refractivity contribution in [2.75, 3.05) is 0 Å². The summed E-state index contributed by atoms with van der Waals surface area (Å²) in [6.45, 7) is 0. The summed E-state index contributed by atoms with van der Waals surface area (Å²) >= 11 is 0. The Balaban J connectivity index is -0.00000000833. The molecule has 72 valence electrons. The molecule has 0 aromatic heterocycles. The molecular formula is C6H18NO3Zn2-3. The molecule has 0 aliphatic rings. The van der Waals surface area contributed by atoms with Crippen LogP contribution in [0.5, 0.6) is 0 Å². The van der Waals surface area contributed by atoms with Crippen LogP contribution in [-0.4, -0.2) is 27.8 Å². The van der Waals surface area contributed by atoms with Gasteiger partial charge in [-0.15, -0.1) is 0 Å². The van der Waals surface area contributed by atoms with Gasteiger partial charge in [0.2, 0.25) is 0 Å². The number of aliphatic hydroxyl groups is 3. The van der Waals surface area contributed by atoms with E-state index >= 15 is 0 Å². The molecule has 0 bridgehead atoms. The summed E-state index contributed by atoms with van der Waals surface area (Å²) in [5.41, 5.74) is 6.09. The number of nitrogens with one attached hydrogen (secondary N) is 1. The third kappa shape index (κ3) is 43.6. The van der Waals surface area contributed by atoms with Crippen molar-refractivity contribution in [3.05, 3.63) is 35.4 Å². The zero-order chi connectivity index (χ0) is 5.15. The van der Waals surface area contributed by atoms with E-state index in [0.717, 1.165) is 0 Å². The van der Waals surface area contributed by atoms with E-state index in [-0.39, 0.29) is 68.7 Å². The summed E-state index contributed by atoms with van der Waals surface area (Å²) in [5.74, 6) is 0. The third-order valence-corrected chi connectivity index (χ3v) is 0.282. The molecule has 0 aromatic carbocycles. The number of aliphatic hydroxyl groups excluding tert-OH is 2. The minimum atomic E-state index is -1.93. The molecule has 1 atom stereocenters. The second kappa shape index (κ2) is 29.6. The van der Waals surface area contributed by atoms with Crippen molar-refractivity contribution in [2.24, 2.45) is 0 Å². The Kier molecular flexibility index (Phi) is 127. The molecule has 0 radical (unpaired) electrons. The molecule has 0 saturated heterocycles. The third-order valence-electron chi connectivity index (χ3n) is 0.282. The van der Waals surface area contributed by atoms with E-state index in [1.165, 1.54) is 0 Å². The first-order valence-corrected chi connectivity index (χ1v) is 1.40. The zero-order valence-corrected chi connectivity index (χ0v) is 14.3. The first-order valence-electron chi connectivity index (χ1n) is 1.40. The molecule has 4 N–H and O–H groups in total. The van der Waals surface area contributed by atoms with Crippen LogP contribution in [0, 0.1) is 29.7 Å². The van der Waals surface area contributed by atoms with Crippen molar-refractivity contribution in [3.63, 3.8) is 0 Å². The van der Waals surface area contributed by atoms with E-state index in [0.29, 0.717) is 0 Å². The maximum Gasteiger partial charge on any atom is 2.00 e. The van der Waals surface area contributed by atoms with Gasteiger partial charge in [0.1, 0.15) is 0 Å². The van der Waals surface area contributed by atoms with Gasteiger partial charge >= 0.3 is 19.5 Å². The molecule has 0 amide bonds. The fraction of sp³-hybridized carbons (Fsp3) is 0.333. The molecule has 1 unspecified atom stereocenters. The van der Waals surface area contributed by atoms with Crippen molar-refractivity contribution < 1.29 is 54.3 Å². The van der Waals surface area contributed by atoms with Gasteiger partial charge in [-0.3, -0.25) is 0 Å². The summed E-state index contributed by atoms with van der Waals surface area (Å²) in [6.07, 6.45) is -3.71. The molecule has 0 aromatic rings. The molecule has 0 saturated carbocycles. The van der Waals surface area contributed by atoms with Gasteiger partial charge in [-0.25, -0.2) is 0 Å². The Labute approximate surface area is 102 Å². The molecule has 6 heteroatoms. The van der Waals surface area contributed by atoms with Crippen molar-refractivity contribution in [3.8, 4) is 0 Å². The van der Waals surface area contributed by atoms with E-state index in [1.54, 1.807) is 0 Å². The molecule has 4 nitrogen and oxygen atoms in total. The average molecular weight is 283 g/mol. The van der Waals surface area contributed by atoms with E-state index in [2.05, 4.69) is 0 Å². The normalized spacial score (nSPS) is 7.75. The van der Waals surface area contributed by atoms with Gasteiger partial charge in [0, 0.05) is 25.7 Å². The van der Waals surface area contributed by atoms with E-state index in [4.69, 9.17) is 21.1 Å². The summed E-state index contributed by atoms with van der Waals surface area (Å²) in [6, 6.07) is 0. The van der Waals surface area contributed by atoms with Gasteiger partial charge < -0.3 is 50.8 Å². The fourth-order valence-electron chi connectivity index (χ4n) is 0. The molecule has 0 spiro atoms. The van der Waals surface area contributed by atoms with Gasteiger partial charge in [-0.1, -0.05) is 0 Å². The van der Waals surface area contributed by atoms with Crippen molar-refractivity contribution in [2.45, 2.75) is 12.5 Å². The minimum Gasteiger partial charge on any atom is -0.648 e. The topological polar surface area (TPSA) is 84.5 Å². The summed E-state index contributed by atoms with van der Waals surface area (Å²) < 4.78 is 0. The quantitative estimate of drug-likeness (QED) is 0.371. The maximum atomic E-state index is 7.80. The standard InChI is InChI=1S/C2H6NO3.4CH3.2Zn/c3-1(4)2(5)6;;;;;;/h1-6H;4*1H3;;/q5*-1;;+2. The Morgan fingerprint density at radius 3 is 0.917 bits per heavy atom. The predicted octanol–water partition coefficient (Wildman–Crippen LogP) is 0.464. The number of hydrogen-bond acceptors (Lipinski definition) is 3. The molecule has 0 fully saturated rings. The van der Waals surface area contributed by atoms with Gasteiger partial charge in [-0.05, 0) is 0 Å². The van der Waals surface area contributed by atoms with E-state index < -0.39 is 12.5 Å². The van der Waals surface area contributed by atoms with Gasteiger partial charge in [0.15, 0.2) is 6.29 Å². The largest absolute Gasteiger partial charge is 2.00 e. The molecule has 12 heavy (non-hydrogen) atoms. The van der Waals surface area contributed by atoms with Crippen molar-refractivity contribution >= 4 is 0 Å². The van der Waals surface area contributed by atoms with Crippen LogP contribution in [0.15, 0.2) is 0 Å². The van der Waals surface area contributed by atoms with Crippen LogP contribution in [0.2, 0.25) is 0 Å². The Morgan fingerprint density at radius 1 is 0.833 bits per heavy atom. The van der Waals surface area contributed by atoms with Crippen LogP contribution in [0.3, 0.4) is 0 Å². The zero-order valence-electron chi connectivity index (χ0n) is 8.41. The fourth-order valence-corrected chi connectivity index (χ4v) is 0.